The van der Waals surface area contributed by atoms with Gasteiger partial charge in [0.1, 0.15) is 17.4 Å². The average Bonchev–Trinajstić information content (AvgIpc) is 3.38. The van der Waals surface area contributed by atoms with E-state index >= 15 is 0 Å². The highest BCUT2D eigenvalue weighted by Gasteiger charge is 2.16. The SMILES string of the molecule is O=C(CNc1ccc(Cl)cc1)COc1ccc(-c2nc(-c3ccccc3)c(-c3ccccc3)s2)cc1. The lowest BCUT2D eigenvalue weighted by Gasteiger charge is -2.08. The van der Waals surface area contributed by atoms with Gasteiger partial charge in [-0.3, -0.25) is 4.79 Å². The zero-order valence-corrected chi connectivity index (χ0v) is 20.9. The number of aromatic nitrogens is 1. The molecule has 0 saturated heterocycles. The lowest BCUT2D eigenvalue weighted by Crippen LogP contribution is -2.20. The zero-order chi connectivity index (χ0) is 24.7. The largest absolute Gasteiger partial charge is 0.486 e. The van der Waals surface area contributed by atoms with Crippen molar-refractivity contribution in [3.05, 3.63) is 114 Å². The van der Waals surface area contributed by atoms with Gasteiger partial charge >= 0.3 is 0 Å². The topological polar surface area (TPSA) is 51.2 Å². The second-order valence-corrected chi connectivity index (χ2v) is 9.58. The Bertz CT molecular complexity index is 1380. The third-order valence-electron chi connectivity index (χ3n) is 5.55. The van der Waals surface area contributed by atoms with Crippen LogP contribution in [0.3, 0.4) is 0 Å². The Kier molecular flexibility index (Phi) is 7.41. The van der Waals surface area contributed by atoms with Crippen LogP contribution in [-0.2, 0) is 4.79 Å². The van der Waals surface area contributed by atoms with Gasteiger partial charge in [0.2, 0.25) is 0 Å². The summed E-state index contributed by atoms with van der Waals surface area (Å²) < 4.78 is 5.71. The van der Waals surface area contributed by atoms with E-state index in [0.29, 0.717) is 10.8 Å². The van der Waals surface area contributed by atoms with Crippen LogP contribution in [0.5, 0.6) is 5.75 Å². The summed E-state index contributed by atoms with van der Waals surface area (Å²) in [6.07, 6.45) is 0. The van der Waals surface area contributed by atoms with Gasteiger partial charge < -0.3 is 10.1 Å². The molecule has 178 valence electrons. The number of anilines is 1. The van der Waals surface area contributed by atoms with Crippen molar-refractivity contribution in [3.8, 4) is 38.0 Å². The average molecular weight is 511 g/mol. The maximum Gasteiger partial charge on any atom is 0.189 e. The molecule has 0 bridgehead atoms. The third kappa shape index (κ3) is 5.82. The van der Waals surface area contributed by atoms with Crippen LogP contribution in [0.1, 0.15) is 0 Å². The smallest absolute Gasteiger partial charge is 0.189 e. The molecule has 4 aromatic carbocycles. The fraction of sp³-hybridized carbons (Fsp3) is 0.0667. The predicted octanol–water partition coefficient (Wildman–Crippen LogP) is 7.86. The number of benzene rings is 4. The number of thiazole rings is 1. The summed E-state index contributed by atoms with van der Waals surface area (Å²) in [6, 6.07) is 35.5. The Hall–Kier alpha value is -3.93. The molecule has 0 amide bonds. The van der Waals surface area contributed by atoms with Crippen molar-refractivity contribution < 1.29 is 9.53 Å². The summed E-state index contributed by atoms with van der Waals surface area (Å²) in [6.45, 7) is 0.177. The minimum Gasteiger partial charge on any atom is -0.486 e. The predicted molar refractivity (Wildman–Crippen MR) is 149 cm³/mol. The Morgan fingerprint density at radius 1 is 0.778 bits per heavy atom. The standard InChI is InChI=1S/C30H23ClN2O2S/c31-24-13-15-25(16-14-24)32-19-26(34)20-35-27-17-11-23(12-18-27)30-33-28(21-7-3-1-4-8-21)29(36-30)22-9-5-2-6-10-22/h1-18,32H,19-20H2. The monoisotopic (exact) mass is 510 g/mol. The summed E-state index contributed by atoms with van der Waals surface area (Å²) in [7, 11) is 0. The Balaban J connectivity index is 1.27. The highest BCUT2D eigenvalue weighted by molar-refractivity contribution is 7.19. The van der Waals surface area contributed by atoms with E-state index in [9.17, 15) is 4.79 Å². The van der Waals surface area contributed by atoms with Gasteiger partial charge in [0.25, 0.3) is 0 Å². The molecule has 4 nitrogen and oxygen atoms in total. The number of ketones is 1. The van der Waals surface area contributed by atoms with E-state index in [0.717, 1.165) is 38.0 Å². The van der Waals surface area contributed by atoms with E-state index in [1.54, 1.807) is 23.5 Å². The first kappa shape index (κ1) is 23.8. The van der Waals surface area contributed by atoms with Crippen molar-refractivity contribution in [1.29, 1.82) is 0 Å². The van der Waals surface area contributed by atoms with E-state index in [1.165, 1.54) is 0 Å². The van der Waals surface area contributed by atoms with E-state index in [1.807, 2.05) is 72.8 Å². The lowest BCUT2D eigenvalue weighted by molar-refractivity contribution is -0.119. The number of carbonyl (C=O) groups excluding carboxylic acids is 1. The van der Waals surface area contributed by atoms with Gasteiger partial charge in [-0.1, -0.05) is 72.3 Å². The van der Waals surface area contributed by atoms with Crippen molar-refractivity contribution in [3.63, 3.8) is 0 Å². The van der Waals surface area contributed by atoms with E-state index in [2.05, 4.69) is 29.6 Å². The number of halogens is 1. The van der Waals surface area contributed by atoms with Gasteiger partial charge in [0, 0.05) is 21.8 Å². The number of nitrogens with one attached hydrogen (secondary N) is 1. The van der Waals surface area contributed by atoms with Crippen LogP contribution in [-0.4, -0.2) is 23.9 Å². The molecule has 36 heavy (non-hydrogen) atoms. The number of ether oxygens (including phenoxy) is 1. The highest BCUT2D eigenvalue weighted by atomic mass is 35.5. The number of rotatable bonds is 9. The number of carbonyl (C=O) groups is 1. The summed E-state index contributed by atoms with van der Waals surface area (Å²) in [5.74, 6) is 0.593. The summed E-state index contributed by atoms with van der Waals surface area (Å²) in [5, 5.41) is 4.67. The first-order chi connectivity index (χ1) is 17.7. The molecule has 0 saturated carbocycles. The van der Waals surface area contributed by atoms with Crippen molar-refractivity contribution in [1.82, 2.24) is 4.98 Å². The second kappa shape index (κ2) is 11.2. The summed E-state index contributed by atoms with van der Waals surface area (Å²) >= 11 is 7.56. The van der Waals surface area contributed by atoms with Gasteiger partial charge in [-0.25, -0.2) is 4.98 Å². The number of hydrogen-bond acceptors (Lipinski definition) is 5. The van der Waals surface area contributed by atoms with E-state index < -0.39 is 0 Å². The van der Waals surface area contributed by atoms with Crippen LogP contribution in [0.4, 0.5) is 5.69 Å². The Labute approximate surface area is 219 Å². The molecule has 0 aliphatic rings. The third-order valence-corrected chi connectivity index (χ3v) is 6.95. The summed E-state index contributed by atoms with van der Waals surface area (Å²) in [5.41, 5.74) is 5.05. The van der Waals surface area contributed by atoms with Gasteiger partial charge in [-0.2, -0.15) is 0 Å². The van der Waals surface area contributed by atoms with Crippen LogP contribution < -0.4 is 10.1 Å². The molecule has 5 aromatic rings. The van der Waals surface area contributed by atoms with Gasteiger partial charge in [0.05, 0.1) is 17.1 Å². The highest BCUT2D eigenvalue weighted by Crippen LogP contribution is 2.40. The minimum absolute atomic E-state index is 0.00645. The van der Waals surface area contributed by atoms with Crippen LogP contribution in [0, 0.1) is 0 Å². The van der Waals surface area contributed by atoms with Crippen molar-refractivity contribution >= 4 is 34.4 Å². The molecule has 0 aliphatic carbocycles. The van der Waals surface area contributed by atoms with Crippen LogP contribution in [0.25, 0.3) is 32.3 Å². The second-order valence-electron chi connectivity index (χ2n) is 8.14. The molecule has 6 heteroatoms. The molecule has 0 atom stereocenters. The molecule has 5 rings (SSSR count). The minimum atomic E-state index is -0.0473. The van der Waals surface area contributed by atoms with Crippen molar-refractivity contribution in [2.24, 2.45) is 0 Å². The van der Waals surface area contributed by atoms with Crippen molar-refractivity contribution in [2.45, 2.75) is 0 Å². The molecular weight excluding hydrogens is 488 g/mol. The summed E-state index contributed by atoms with van der Waals surface area (Å²) in [4.78, 5) is 18.4. The number of nitrogens with zero attached hydrogens (tertiary/aromatic N) is 1. The quantitative estimate of drug-likeness (QED) is 0.219. The Morgan fingerprint density at radius 2 is 1.42 bits per heavy atom. The van der Waals surface area contributed by atoms with Crippen LogP contribution in [0.15, 0.2) is 109 Å². The number of hydrogen-bond donors (Lipinski definition) is 1. The molecular formula is C30H23ClN2O2S. The van der Waals surface area contributed by atoms with Gasteiger partial charge in [-0.05, 0) is 54.1 Å². The van der Waals surface area contributed by atoms with Gasteiger partial charge in [-0.15, -0.1) is 11.3 Å². The molecule has 0 fully saturated rings. The molecule has 0 unspecified atom stereocenters. The molecule has 0 radical (unpaired) electrons. The van der Waals surface area contributed by atoms with Gasteiger partial charge in [0.15, 0.2) is 5.78 Å². The maximum atomic E-state index is 12.2. The first-order valence-corrected chi connectivity index (χ1v) is 12.7. The van der Waals surface area contributed by atoms with Crippen LogP contribution >= 0.6 is 22.9 Å². The number of Topliss-reactive ketones (excluding diaryl/α,β-unsaturated/α-hetero) is 1. The zero-order valence-electron chi connectivity index (χ0n) is 19.4. The fourth-order valence-corrected chi connectivity index (χ4v) is 4.92. The molecule has 1 aromatic heterocycles. The van der Waals surface area contributed by atoms with Crippen molar-refractivity contribution in [2.75, 3.05) is 18.5 Å². The molecule has 1 N–H and O–H groups in total. The maximum absolute atomic E-state index is 12.2. The lowest BCUT2D eigenvalue weighted by atomic mass is 10.1. The van der Waals surface area contributed by atoms with E-state index in [-0.39, 0.29) is 18.9 Å². The first-order valence-electron chi connectivity index (χ1n) is 11.5. The normalized spacial score (nSPS) is 10.7. The fourth-order valence-electron chi connectivity index (χ4n) is 3.70. The van der Waals surface area contributed by atoms with E-state index in [4.69, 9.17) is 21.3 Å². The molecule has 0 spiro atoms. The molecule has 0 aliphatic heterocycles. The van der Waals surface area contributed by atoms with Crippen LogP contribution in [0.2, 0.25) is 5.02 Å². The Morgan fingerprint density at radius 3 is 2.08 bits per heavy atom. The molecule has 1 heterocycles.